The van der Waals surface area contributed by atoms with Crippen LogP contribution in [0.1, 0.15) is 15.9 Å². The summed E-state index contributed by atoms with van der Waals surface area (Å²) in [6.07, 6.45) is 0. The lowest BCUT2D eigenvalue weighted by Gasteiger charge is -2.09. The van der Waals surface area contributed by atoms with E-state index in [0.29, 0.717) is 11.3 Å². The van der Waals surface area contributed by atoms with Crippen LogP contribution in [0.15, 0.2) is 36.4 Å². The molecule has 0 saturated carbocycles. The Kier molecular flexibility index (Phi) is 4.10. The van der Waals surface area contributed by atoms with Crippen LogP contribution in [0.2, 0.25) is 5.02 Å². The average molecular weight is 295 g/mol. The number of amides is 1. The molecule has 0 aliphatic heterocycles. The third-order valence-corrected chi connectivity index (χ3v) is 3.03. The van der Waals surface area contributed by atoms with E-state index in [1.54, 1.807) is 12.1 Å². The van der Waals surface area contributed by atoms with Gasteiger partial charge in [-0.1, -0.05) is 11.6 Å². The second-order valence-electron chi connectivity index (χ2n) is 4.19. The van der Waals surface area contributed by atoms with E-state index in [0.717, 1.165) is 12.1 Å². The van der Waals surface area contributed by atoms with Crippen LogP contribution in [0.3, 0.4) is 0 Å². The SMILES string of the molecule is Nc1ccc(O)c(CNC(=O)c2ccc(F)cc2Cl)c1. The number of nitrogens with two attached hydrogens (primary N) is 1. The molecule has 0 radical (unpaired) electrons. The summed E-state index contributed by atoms with van der Waals surface area (Å²) in [5, 5.41) is 12.2. The van der Waals surface area contributed by atoms with Gasteiger partial charge in [0, 0.05) is 17.8 Å². The number of benzene rings is 2. The van der Waals surface area contributed by atoms with Crippen molar-refractivity contribution < 1.29 is 14.3 Å². The molecule has 1 amide bonds. The molecule has 0 heterocycles. The molecule has 0 bridgehead atoms. The van der Waals surface area contributed by atoms with Crippen LogP contribution in [0.5, 0.6) is 5.75 Å². The van der Waals surface area contributed by atoms with E-state index in [1.807, 2.05) is 0 Å². The molecule has 20 heavy (non-hydrogen) atoms. The molecule has 6 heteroatoms. The number of nitrogen functional groups attached to an aromatic ring is 1. The Morgan fingerprint density at radius 3 is 2.75 bits per heavy atom. The number of halogens is 2. The smallest absolute Gasteiger partial charge is 0.253 e. The van der Waals surface area contributed by atoms with Gasteiger partial charge in [-0.3, -0.25) is 4.79 Å². The number of aromatic hydroxyl groups is 1. The predicted molar refractivity (Wildman–Crippen MR) is 75.1 cm³/mol. The highest BCUT2D eigenvalue weighted by atomic mass is 35.5. The molecule has 0 unspecified atom stereocenters. The summed E-state index contributed by atoms with van der Waals surface area (Å²) in [6.45, 7) is 0.0867. The molecule has 0 saturated heterocycles. The minimum absolute atomic E-state index is 0.0271. The van der Waals surface area contributed by atoms with E-state index < -0.39 is 11.7 Å². The van der Waals surface area contributed by atoms with Crippen LogP contribution >= 0.6 is 11.6 Å². The van der Waals surface area contributed by atoms with Gasteiger partial charge >= 0.3 is 0 Å². The van der Waals surface area contributed by atoms with Gasteiger partial charge in [0.1, 0.15) is 11.6 Å². The first kappa shape index (κ1) is 14.1. The van der Waals surface area contributed by atoms with Crippen molar-refractivity contribution in [1.29, 1.82) is 0 Å². The second kappa shape index (κ2) is 5.79. The second-order valence-corrected chi connectivity index (χ2v) is 4.60. The number of nitrogens with one attached hydrogen (secondary N) is 1. The molecular formula is C14H12ClFN2O2. The zero-order valence-corrected chi connectivity index (χ0v) is 11.1. The van der Waals surface area contributed by atoms with Gasteiger partial charge in [0.2, 0.25) is 0 Å². The van der Waals surface area contributed by atoms with Crippen molar-refractivity contribution in [3.8, 4) is 5.75 Å². The topological polar surface area (TPSA) is 75.3 Å². The summed E-state index contributed by atoms with van der Waals surface area (Å²) in [6, 6.07) is 8.07. The van der Waals surface area contributed by atoms with Crippen molar-refractivity contribution in [2.45, 2.75) is 6.54 Å². The third kappa shape index (κ3) is 3.19. The van der Waals surface area contributed by atoms with Crippen LogP contribution in [0.25, 0.3) is 0 Å². The maximum atomic E-state index is 12.9. The van der Waals surface area contributed by atoms with Crippen LogP contribution < -0.4 is 11.1 Å². The van der Waals surface area contributed by atoms with E-state index in [9.17, 15) is 14.3 Å². The lowest BCUT2D eigenvalue weighted by atomic mass is 10.1. The molecule has 0 aliphatic carbocycles. The Morgan fingerprint density at radius 2 is 2.05 bits per heavy atom. The van der Waals surface area contributed by atoms with Gasteiger partial charge in [-0.25, -0.2) is 4.39 Å². The van der Waals surface area contributed by atoms with Crippen molar-refractivity contribution in [3.63, 3.8) is 0 Å². The molecule has 0 atom stereocenters. The molecule has 2 aromatic carbocycles. The molecule has 4 nitrogen and oxygen atoms in total. The summed E-state index contributed by atoms with van der Waals surface area (Å²) in [5.41, 5.74) is 6.72. The normalized spacial score (nSPS) is 10.3. The quantitative estimate of drug-likeness (QED) is 0.602. The molecule has 0 aromatic heterocycles. The Hall–Kier alpha value is -2.27. The summed E-state index contributed by atoms with van der Waals surface area (Å²) in [7, 11) is 0. The highest BCUT2D eigenvalue weighted by Gasteiger charge is 2.11. The fourth-order valence-electron chi connectivity index (χ4n) is 1.69. The minimum atomic E-state index is -0.514. The molecule has 2 rings (SSSR count). The fourth-order valence-corrected chi connectivity index (χ4v) is 1.94. The summed E-state index contributed by atoms with van der Waals surface area (Å²) in [4.78, 5) is 11.9. The van der Waals surface area contributed by atoms with Crippen molar-refractivity contribution in [3.05, 3.63) is 58.4 Å². The number of phenols is 1. The lowest BCUT2D eigenvalue weighted by molar-refractivity contribution is 0.0951. The van der Waals surface area contributed by atoms with Crippen LogP contribution in [-0.2, 0) is 6.54 Å². The van der Waals surface area contributed by atoms with Crippen molar-refractivity contribution in [2.75, 3.05) is 5.73 Å². The number of hydrogen-bond donors (Lipinski definition) is 3. The number of rotatable bonds is 3. The van der Waals surface area contributed by atoms with Gasteiger partial charge in [-0.15, -0.1) is 0 Å². The van der Waals surface area contributed by atoms with Crippen molar-refractivity contribution in [1.82, 2.24) is 5.32 Å². The maximum Gasteiger partial charge on any atom is 0.253 e. The molecule has 0 aliphatic rings. The Morgan fingerprint density at radius 1 is 1.30 bits per heavy atom. The van der Waals surface area contributed by atoms with Gasteiger partial charge in [-0.2, -0.15) is 0 Å². The molecule has 0 spiro atoms. The highest BCUT2D eigenvalue weighted by Crippen LogP contribution is 2.20. The Bertz CT molecular complexity index is 662. The third-order valence-electron chi connectivity index (χ3n) is 2.72. The van der Waals surface area contributed by atoms with E-state index in [2.05, 4.69) is 5.32 Å². The van der Waals surface area contributed by atoms with Crippen LogP contribution in [-0.4, -0.2) is 11.0 Å². The van der Waals surface area contributed by atoms with E-state index in [4.69, 9.17) is 17.3 Å². The Labute approximate surface area is 120 Å². The van der Waals surface area contributed by atoms with Gasteiger partial charge in [-0.05, 0) is 36.4 Å². The monoisotopic (exact) mass is 294 g/mol. The van der Waals surface area contributed by atoms with E-state index in [1.165, 1.54) is 12.1 Å². The number of carbonyl (C=O) groups is 1. The van der Waals surface area contributed by atoms with Crippen molar-refractivity contribution >= 4 is 23.2 Å². The van der Waals surface area contributed by atoms with Gasteiger partial charge in [0.15, 0.2) is 0 Å². The molecule has 104 valence electrons. The summed E-state index contributed by atoms with van der Waals surface area (Å²) in [5.74, 6) is -0.943. The summed E-state index contributed by atoms with van der Waals surface area (Å²) >= 11 is 5.79. The van der Waals surface area contributed by atoms with E-state index >= 15 is 0 Å². The zero-order chi connectivity index (χ0) is 14.7. The predicted octanol–water partition coefficient (Wildman–Crippen LogP) is 2.70. The standard InChI is InChI=1S/C14H12ClFN2O2/c15-12-6-9(16)1-3-11(12)14(20)18-7-8-5-10(17)2-4-13(8)19/h1-6,19H,7,17H2,(H,18,20). The number of anilines is 1. The lowest BCUT2D eigenvalue weighted by Crippen LogP contribution is -2.23. The highest BCUT2D eigenvalue weighted by molar-refractivity contribution is 6.33. The van der Waals surface area contributed by atoms with E-state index in [-0.39, 0.29) is 22.9 Å². The maximum absolute atomic E-state index is 12.9. The first-order valence-electron chi connectivity index (χ1n) is 5.78. The van der Waals surface area contributed by atoms with Gasteiger partial charge < -0.3 is 16.2 Å². The number of hydrogen-bond acceptors (Lipinski definition) is 3. The first-order valence-corrected chi connectivity index (χ1v) is 6.16. The number of phenolic OH excluding ortho intramolecular Hbond substituents is 1. The zero-order valence-electron chi connectivity index (χ0n) is 10.4. The first-order chi connectivity index (χ1) is 9.47. The van der Waals surface area contributed by atoms with Gasteiger partial charge in [0.25, 0.3) is 5.91 Å². The van der Waals surface area contributed by atoms with Crippen LogP contribution in [0, 0.1) is 5.82 Å². The van der Waals surface area contributed by atoms with Crippen LogP contribution in [0.4, 0.5) is 10.1 Å². The molecular weight excluding hydrogens is 283 g/mol. The fraction of sp³-hybridized carbons (Fsp3) is 0.0714. The largest absolute Gasteiger partial charge is 0.508 e. The molecule has 0 fully saturated rings. The molecule has 2 aromatic rings. The van der Waals surface area contributed by atoms with Crippen molar-refractivity contribution in [2.24, 2.45) is 0 Å². The van der Waals surface area contributed by atoms with Gasteiger partial charge in [0.05, 0.1) is 10.6 Å². The molecule has 4 N–H and O–H groups in total. The number of carbonyl (C=O) groups excluding carboxylic acids is 1. The summed E-state index contributed by atoms with van der Waals surface area (Å²) < 4.78 is 12.9. The minimum Gasteiger partial charge on any atom is -0.508 e. The average Bonchev–Trinajstić information content (AvgIpc) is 2.39. The Balaban J connectivity index is 2.10.